The van der Waals surface area contributed by atoms with Gasteiger partial charge in [0, 0.05) is 33.2 Å². The maximum Gasteiger partial charge on any atom is 0.0547 e. The highest BCUT2D eigenvalue weighted by Crippen LogP contribution is 2.54. The summed E-state index contributed by atoms with van der Waals surface area (Å²) in [5.74, 6) is 0. The highest BCUT2D eigenvalue weighted by Gasteiger charge is 2.44. The zero-order chi connectivity index (χ0) is 39.6. The summed E-state index contributed by atoms with van der Waals surface area (Å²) in [6, 6.07) is 63.6. The lowest BCUT2D eigenvalue weighted by molar-refractivity contribution is 0.403. The van der Waals surface area contributed by atoms with E-state index < -0.39 is 0 Å². The van der Waals surface area contributed by atoms with Gasteiger partial charge in [-0.25, -0.2) is 0 Å². The Balaban J connectivity index is 1.16. The van der Waals surface area contributed by atoms with Crippen LogP contribution in [0.4, 0.5) is 17.1 Å². The normalized spacial score (nSPS) is 15.8. The van der Waals surface area contributed by atoms with Crippen molar-refractivity contribution in [2.75, 3.05) is 4.90 Å². The third-order valence-corrected chi connectivity index (χ3v) is 13.5. The van der Waals surface area contributed by atoms with E-state index in [1.54, 1.807) is 0 Å². The number of hydrogen-bond acceptors (Lipinski definition) is 1. The fraction of sp³-hybridized carbons (Fsp3) is 0.179. The molecular formula is C56H48N2. The zero-order valence-corrected chi connectivity index (χ0v) is 34.3. The van der Waals surface area contributed by atoms with Gasteiger partial charge in [-0.2, -0.15) is 0 Å². The molecule has 1 aromatic heterocycles. The number of rotatable bonds is 5. The van der Waals surface area contributed by atoms with Gasteiger partial charge in [0.15, 0.2) is 0 Å². The third-order valence-electron chi connectivity index (χ3n) is 13.5. The van der Waals surface area contributed by atoms with Gasteiger partial charge >= 0.3 is 0 Å². The molecule has 58 heavy (non-hydrogen) atoms. The summed E-state index contributed by atoms with van der Waals surface area (Å²) in [4.78, 5) is 2.46. The summed E-state index contributed by atoms with van der Waals surface area (Å²) in [5.41, 5.74) is 18.0. The quantitative estimate of drug-likeness (QED) is 0.170. The van der Waals surface area contributed by atoms with Crippen molar-refractivity contribution in [3.05, 3.63) is 192 Å². The molecular weight excluding hydrogens is 701 g/mol. The van der Waals surface area contributed by atoms with Crippen molar-refractivity contribution in [3.63, 3.8) is 0 Å². The molecule has 8 aromatic carbocycles. The molecule has 2 aliphatic carbocycles. The van der Waals surface area contributed by atoms with E-state index in [2.05, 4.69) is 221 Å². The highest BCUT2D eigenvalue weighted by molar-refractivity contribution is 6.15. The van der Waals surface area contributed by atoms with E-state index in [1.807, 2.05) is 0 Å². The van der Waals surface area contributed by atoms with Crippen molar-refractivity contribution in [2.45, 2.75) is 64.2 Å². The van der Waals surface area contributed by atoms with Gasteiger partial charge in [-0.1, -0.05) is 151 Å². The summed E-state index contributed by atoms with van der Waals surface area (Å²) in [5, 5.41) is 5.04. The molecule has 0 saturated carbocycles. The topological polar surface area (TPSA) is 8.17 Å². The first-order valence-corrected chi connectivity index (χ1v) is 20.8. The zero-order valence-electron chi connectivity index (χ0n) is 34.3. The Hall–Kier alpha value is -6.38. The Morgan fingerprint density at radius 1 is 0.431 bits per heavy atom. The SMILES string of the molecule is CC1(C)CC(C)(C)c2c(-n3c4ccc(N(c5ccc(-c6ccccc6)cc5)c5ccc6c(c5)C(C)(C)c5ccccc5-6)cc4c4cc5ccccc5cc43)cccc21. The molecule has 9 aromatic rings. The Bertz CT molecular complexity index is 3100. The number of hydrogen-bond donors (Lipinski definition) is 0. The lowest BCUT2D eigenvalue weighted by Crippen LogP contribution is -2.18. The van der Waals surface area contributed by atoms with Crippen LogP contribution in [0.15, 0.2) is 170 Å². The maximum absolute atomic E-state index is 2.57. The second-order valence-corrected chi connectivity index (χ2v) is 18.5. The van der Waals surface area contributed by atoms with Crippen LogP contribution < -0.4 is 4.90 Å². The smallest absolute Gasteiger partial charge is 0.0547 e. The number of fused-ring (bicyclic) bond motifs is 8. The second kappa shape index (κ2) is 12.3. The Kier molecular flexibility index (Phi) is 7.39. The predicted molar refractivity (Wildman–Crippen MR) is 247 cm³/mol. The van der Waals surface area contributed by atoms with Crippen molar-refractivity contribution in [1.82, 2.24) is 4.57 Å². The van der Waals surface area contributed by atoms with Crippen molar-refractivity contribution in [1.29, 1.82) is 0 Å². The van der Waals surface area contributed by atoms with Crippen molar-refractivity contribution in [2.24, 2.45) is 0 Å². The molecule has 1 heterocycles. The van der Waals surface area contributed by atoms with Gasteiger partial charge in [0.1, 0.15) is 0 Å². The Morgan fingerprint density at radius 3 is 1.83 bits per heavy atom. The average molecular weight is 749 g/mol. The molecule has 2 heteroatoms. The highest BCUT2D eigenvalue weighted by atomic mass is 15.1. The molecule has 0 saturated heterocycles. The molecule has 0 bridgehead atoms. The van der Waals surface area contributed by atoms with Crippen LogP contribution >= 0.6 is 0 Å². The lowest BCUT2D eigenvalue weighted by atomic mass is 9.81. The molecule has 0 aliphatic heterocycles. The fourth-order valence-corrected chi connectivity index (χ4v) is 11.1. The molecule has 0 N–H and O–H groups in total. The fourth-order valence-electron chi connectivity index (χ4n) is 11.1. The minimum atomic E-state index is -0.110. The lowest BCUT2D eigenvalue weighted by Gasteiger charge is -2.28. The monoisotopic (exact) mass is 748 g/mol. The van der Waals surface area contributed by atoms with E-state index >= 15 is 0 Å². The summed E-state index contributed by atoms with van der Waals surface area (Å²) < 4.78 is 2.57. The van der Waals surface area contributed by atoms with Crippen molar-refractivity contribution < 1.29 is 0 Å². The number of anilines is 3. The van der Waals surface area contributed by atoms with E-state index in [0.717, 1.165) is 23.5 Å². The largest absolute Gasteiger partial charge is 0.310 e. The van der Waals surface area contributed by atoms with Gasteiger partial charge in [0.25, 0.3) is 0 Å². The summed E-state index contributed by atoms with van der Waals surface area (Å²) in [7, 11) is 0. The summed E-state index contributed by atoms with van der Waals surface area (Å²) in [6.45, 7) is 14.4. The number of aromatic nitrogens is 1. The molecule has 0 amide bonds. The van der Waals surface area contributed by atoms with Gasteiger partial charge in [-0.15, -0.1) is 0 Å². The number of benzene rings is 8. The molecule has 282 valence electrons. The van der Waals surface area contributed by atoms with Gasteiger partial charge in [0.2, 0.25) is 0 Å². The standard InChI is InChI=1S/C56H48N2/c1-54(2)35-55(3,4)53-48(54)21-14-22-51(53)58-50-30-28-41(33-46(50)45-31-38-17-10-11-18-39(38)32-52(45)58)57(40-25-23-37(24-26-40)36-15-8-7-9-16-36)42-27-29-44-43-19-12-13-20-47(43)56(5,6)49(44)34-42/h7-34H,35H2,1-6H3. The first-order valence-electron chi connectivity index (χ1n) is 20.8. The molecule has 2 nitrogen and oxygen atoms in total. The number of nitrogens with zero attached hydrogens (tertiary/aromatic N) is 2. The van der Waals surface area contributed by atoms with Gasteiger partial charge < -0.3 is 9.47 Å². The summed E-state index contributed by atoms with van der Waals surface area (Å²) in [6.07, 6.45) is 1.12. The molecule has 11 rings (SSSR count). The molecule has 0 radical (unpaired) electrons. The van der Waals surface area contributed by atoms with Crippen LogP contribution in [-0.4, -0.2) is 4.57 Å². The van der Waals surface area contributed by atoms with Crippen LogP contribution in [0, 0.1) is 0 Å². The first-order chi connectivity index (χ1) is 28.0. The molecule has 0 atom stereocenters. The van der Waals surface area contributed by atoms with E-state index in [1.165, 1.54) is 82.8 Å². The van der Waals surface area contributed by atoms with Crippen molar-refractivity contribution >= 4 is 49.6 Å². The summed E-state index contributed by atoms with van der Waals surface area (Å²) >= 11 is 0. The van der Waals surface area contributed by atoms with Gasteiger partial charge in [0.05, 0.1) is 16.7 Å². The molecule has 0 spiro atoms. The Labute approximate surface area is 342 Å². The van der Waals surface area contributed by atoms with Crippen LogP contribution in [-0.2, 0) is 16.2 Å². The molecule has 0 fully saturated rings. The van der Waals surface area contributed by atoms with Crippen LogP contribution in [0.5, 0.6) is 0 Å². The predicted octanol–water partition coefficient (Wildman–Crippen LogP) is 15.3. The molecule has 2 aliphatic rings. The Morgan fingerprint density at radius 2 is 1.03 bits per heavy atom. The van der Waals surface area contributed by atoms with E-state index in [9.17, 15) is 0 Å². The molecule has 0 unspecified atom stereocenters. The average Bonchev–Trinajstić information content (AvgIpc) is 3.75. The van der Waals surface area contributed by atoms with Gasteiger partial charge in [-0.3, -0.25) is 0 Å². The van der Waals surface area contributed by atoms with E-state index in [4.69, 9.17) is 0 Å². The van der Waals surface area contributed by atoms with Crippen LogP contribution in [0.25, 0.3) is 60.5 Å². The van der Waals surface area contributed by atoms with Crippen LogP contribution in [0.3, 0.4) is 0 Å². The van der Waals surface area contributed by atoms with E-state index in [-0.39, 0.29) is 16.2 Å². The van der Waals surface area contributed by atoms with Crippen LogP contribution in [0.2, 0.25) is 0 Å². The second-order valence-electron chi connectivity index (χ2n) is 18.5. The maximum atomic E-state index is 2.57. The first kappa shape index (κ1) is 34.8. The van der Waals surface area contributed by atoms with Gasteiger partial charge in [-0.05, 0) is 133 Å². The minimum absolute atomic E-state index is 0.0405. The van der Waals surface area contributed by atoms with Crippen LogP contribution in [0.1, 0.15) is 70.2 Å². The van der Waals surface area contributed by atoms with Crippen molar-refractivity contribution in [3.8, 4) is 27.9 Å². The van der Waals surface area contributed by atoms with E-state index in [0.29, 0.717) is 0 Å². The minimum Gasteiger partial charge on any atom is -0.310 e. The third kappa shape index (κ3) is 5.10.